The van der Waals surface area contributed by atoms with Gasteiger partial charge in [-0.05, 0) is 24.1 Å². The maximum Gasteiger partial charge on any atom is 0.343 e. The Labute approximate surface area is 162 Å². The number of aliphatic hydroxyl groups is 1. The van der Waals surface area contributed by atoms with Crippen molar-refractivity contribution in [2.75, 3.05) is 26.6 Å². The second kappa shape index (κ2) is 11.0. The Bertz CT molecular complexity index is 762. The number of nitrogens with one attached hydrogen (secondary N) is 1. The zero-order valence-electron chi connectivity index (χ0n) is 15.9. The Morgan fingerprint density at radius 1 is 1.30 bits per heavy atom. The van der Waals surface area contributed by atoms with Crippen molar-refractivity contribution in [3.05, 3.63) is 34.2 Å². The number of ether oxygens (including phenoxy) is 3. The highest BCUT2D eigenvalue weighted by atomic mass is 32.2. The number of H-pyrrole nitrogens is 1. The summed E-state index contributed by atoms with van der Waals surface area (Å²) in [5.41, 5.74) is 0.707. The predicted octanol–water partition coefficient (Wildman–Crippen LogP) is 2.06. The van der Waals surface area contributed by atoms with Gasteiger partial charge in [0.15, 0.2) is 16.7 Å². The third-order valence-electron chi connectivity index (χ3n) is 3.89. The number of thioether (sulfide) groups is 1. The zero-order valence-corrected chi connectivity index (χ0v) is 16.8. The van der Waals surface area contributed by atoms with Crippen molar-refractivity contribution in [1.82, 2.24) is 14.8 Å². The van der Waals surface area contributed by atoms with Crippen LogP contribution < -0.4 is 15.2 Å². The van der Waals surface area contributed by atoms with Crippen LogP contribution >= 0.6 is 11.8 Å². The number of methoxy groups -OCH3 is 2. The van der Waals surface area contributed by atoms with E-state index in [9.17, 15) is 9.90 Å². The molecule has 2 N–H and O–H groups in total. The van der Waals surface area contributed by atoms with Crippen molar-refractivity contribution in [2.24, 2.45) is 0 Å². The van der Waals surface area contributed by atoms with Crippen molar-refractivity contribution in [3.63, 3.8) is 0 Å². The first kappa shape index (κ1) is 21.3. The molecule has 0 spiro atoms. The minimum absolute atomic E-state index is 0.185. The van der Waals surface area contributed by atoms with Gasteiger partial charge in [-0.1, -0.05) is 31.2 Å². The number of aromatic nitrogens is 3. The summed E-state index contributed by atoms with van der Waals surface area (Å²) in [6.45, 7) is 3.23. The fourth-order valence-corrected chi connectivity index (χ4v) is 3.31. The first-order valence-electron chi connectivity index (χ1n) is 8.83. The van der Waals surface area contributed by atoms with Crippen molar-refractivity contribution in [3.8, 4) is 11.5 Å². The molecule has 150 valence electrons. The molecular formula is C18H27N3O5S. The molecule has 0 fully saturated rings. The summed E-state index contributed by atoms with van der Waals surface area (Å²) < 4.78 is 17.7. The molecule has 0 aliphatic rings. The average molecular weight is 397 g/mol. The largest absolute Gasteiger partial charge is 0.493 e. The molecule has 8 nitrogen and oxygen atoms in total. The Kier molecular flexibility index (Phi) is 8.70. The summed E-state index contributed by atoms with van der Waals surface area (Å²) >= 11 is 1.34. The monoisotopic (exact) mass is 397 g/mol. The summed E-state index contributed by atoms with van der Waals surface area (Å²) in [6, 6.07) is 5.55. The molecule has 0 bridgehead atoms. The number of hydrogen-bond acceptors (Lipinski definition) is 7. The van der Waals surface area contributed by atoms with Crippen LogP contribution in [-0.4, -0.2) is 52.6 Å². The van der Waals surface area contributed by atoms with Gasteiger partial charge in [-0.25, -0.2) is 9.89 Å². The summed E-state index contributed by atoms with van der Waals surface area (Å²) in [5, 5.41) is 17.2. The first-order chi connectivity index (χ1) is 13.1. The number of aliphatic hydroxyl groups excluding tert-OH is 1. The lowest BCUT2D eigenvalue weighted by atomic mass is 10.2. The maximum atomic E-state index is 11.7. The molecule has 0 radical (unpaired) electrons. The van der Waals surface area contributed by atoms with Gasteiger partial charge in [-0.15, -0.1) is 5.10 Å². The number of unbranched alkanes of at least 4 members (excludes halogenated alkanes) is 1. The van der Waals surface area contributed by atoms with E-state index >= 15 is 0 Å². The second-order valence-electron chi connectivity index (χ2n) is 5.99. The van der Waals surface area contributed by atoms with Gasteiger partial charge in [0.05, 0.1) is 33.5 Å². The molecule has 0 saturated carbocycles. The quantitative estimate of drug-likeness (QED) is 0.529. The average Bonchev–Trinajstić information content (AvgIpc) is 3.04. The number of hydrogen-bond donors (Lipinski definition) is 2. The van der Waals surface area contributed by atoms with Crippen LogP contribution in [0.3, 0.4) is 0 Å². The van der Waals surface area contributed by atoms with E-state index < -0.39 is 6.10 Å². The number of rotatable bonds is 12. The lowest BCUT2D eigenvalue weighted by molar-refractivity contribution is 0.0397. The summed E-state index contributed by atoms with van der Waals surface area (Å²) in [7, 11) is 3.17. The van der Waals surface area contributed by atoms with E-state index in [2.05, 4.69) is 17.1 Å². The highest BCUT2D eigenvalue weighted by Gasteiger charge is 2.12. The normalized spacial score (nSPS) is 12.1. The summed E-state index contributed by atoms with van der Waals surface area (Å²) in [4.78, 5) is 11.7. The molecule has 1 heterocycles. The highest BCUT2D eigenvalue weighted by Crippen LogP contribution is 2.27. The van der Waals surface area contributed by atoms with Crippen molar-refractivity contribution in [1.29, 1.82) is 0 Å². The number of nitrogens with zero attached hydrogens (tertiary/aromatic N) is 2. The van der Waals surface area contributed by atoms with Crippen LogP contribution in [0.25, 0.3) is 0 Å². The Morgan fingerprint density at radius 2 is 2.07 bits per heavy atom. The van der Waals surface area contributed by atoms with Crippen molar-refractivity contribution >= 4 is 11.8 Å². The molecule has 27 heavy (non-hydrogen) atoms. The van der Waals surface area contributed by atoms with Gasteiger partial charge in [0.1, 0.15) is 0 Å². The molecule has 0 aliphatic carbocycles. The van der Waals surface area contributed by atoms with Crippen LogP contribution in [-0.2, 0) is 17.9 Å². The van der Waals surface area contributed by atoms with Crippen LogP contribution in [0, 0.1) is 0 Å². The van der Waals surface area contributed by atoms with E-state index in [-0.39, 0.29) is 12.3 Å². The maximum absolute atomic E-state index is 11.7. The molecule has 0 amide bonds. The first-order valence-corrected chi connectivity index (χ1v) is 9.82. The van der Waals surface area contributed by atoms with Crippen LogP contribution in [0.1, 0.15) is 25.3 Å². The SMILES string of the molecule is CCCCn1c(SCC(O)COCc2ccc(OC)c(OC)c2)n[nH]c1=O. The van der Waals surface area contributed by atoms with Crippen molar-refractivity contribution < 1.29 is 19.3 Å². The van der Waals surface area contributed by atoms with Gasteiger partial charge in [-0.2, -0.15) is 0 Å². The van der Waals surface area contributed by atoms with Gasteiger partial charge < -0.3 is 19.3 Å². The lowest BCUT2D eigenvalue weighted by Crippen LogP contribution is -2.20. The van der Waals surface area contributed by atoms with Gasteiger partial charge in [0.2, 0.25) is 0 Å². The van der Waals surface area contributed by atoms with Crippen LogP contribution in [0.15, 0.2) is 28.2 Å². The molecular weight excluding hydrogens is 370 g/mol. The van der Waals surface area contributed by atoms with E-state index in [0.717, 1.165) is 18.4 Å². The van der Waals surface area contributed by atoms with Crippen LogP contribution in [0.4, 0.5) is 0 Å². The molecule has 1 atom stereocenters. The van der Waals surface area contributed by atoms with Crippen LogP contribution in [0.2, 0.25) is 0 Å². The molecule has 9 heteroatoms. The molecule has 1 unspecified atom stereocenters. The summed E-state index contributed by atoms with van der Waals surface area (Å²) in [6.07, 6.45) is 1.24. The Balaban J connectivity index is 1.78. The highest BCUT2D eigenvalue weighted by molar-refractivity contribution is 7.99. The van der Waals surface area contributed by atoms with E-state index in [1.165, 1.54) is 11.8 Å². The van der Waals surface area contributed by atoms with Crippen LogP contribution in [0.5, 0.6) is 11.5 Å². The number of aromatic amines is 1. The lowest BCUT2D eigenvalue weighted by Gasteiger charge is -2.12. The molecule has 0 saturated heterocycles. The van der Waals surface area contributed by atoms with Gasteiger partial charge >= 0.3 is 5.69 Å². The van der Waals surface area contributed by atoms with E-state index in [1.54, 1.807) is 18.8 Å². The molecule has 2 rings (SSSR count). The Morgan fingerprint density at radius 3 is 2.78 bits per heavy atom. The molecule has 0 aliphatic heterocycles. The van der Waals surface area contributed by atoms with Crippen molar-refractivity contribution in [2.45, 2.75) is 44.2 Å². The third kappa shape index (κ3) is 6.30. The van der Waals surface area contributed by atoms with Gasteiger partial charge in [0, 0.05) is 12.3 Å². The third-order valence-corrected chi connectivity index (χ3v) is 5.01. The fourth-order valence-electron chi connectivity index (χ4n) is 2.43. The van der Waals surface area contributed by atoms with Gasteiger partial charge in [-0.3, -0.25) is 4.57 Å². The minimum Gasteiger partial charge on any atom is -0.493 e. The Hall–Kier alpha value is -1.97. The fraction of sp³-hybridized carbons (Fsp3) is 0.556. The van der Waals surface area contributed by atoms with E-state index in [0.29, 0.717) is 35.6 Å². The second-order valence-corrected chi connectivity index (χ2v) is 6.97. The summed E-state index contributed by atoms with van der Waals surface area (Å²) in [5.74, 6) is 1.69. The minimum atomic E-state index is -0.665. The zero-order chi connectivity index (χ0) is 19.6. The van der Waals surface area contributed by atoms with E-state index in [1.807, 2.05) is 18.2 Å². The smallest absolute Gasteiger partial charge is 0.343 e. The van der Waals surface area contributed by atoms with Gasteiger partial charge in [0.25, 0.3) is 0 Å². The standard InChI is InChI=1S/C18H27N3O5S/c1-4-5-8-21-17(23)19-20-18(21)27-12-14(22)11-26-10-13-6-7-15(24-2)16(9-13)25-3/h6-7,9,14,22H,4-5,8,10-12H2,1-3H3,(H,19,23). The molecule has 1 aromatic carbocycles. The topological polar surface area (TPSA) is 98.6 Å². The predicted molar refractivity (Wildman–Crippen MR) is 104 cm³/mol. The molecule has 1 aromatic heterocycles. The number of benzene rings is 1. The van der Waals surface area contributed by atoms with E-state index in [4.69, 9.17) is 14.2 Å². The molecule has 2 aromatic rings.